The van der Waals surface area contributed by atoms with E-state index >= 15 is 0 Å². The van der Waals surface area contributed by atoms with Crippen molar-refractivity contribution in [3.8, 4) is 0 Å². The standard InChI is InChI=1S/C13H19F5N4O3S/c1-2-26(23,24)19-7-8-3-5-9(6-4-8)20-11-21-10(22-25-11)12(14,15)13(16,17)18/h8-9,19H,2-7H2,1H3,(H,20,21,22). The molecule has 1 saturated carbocycles. The van der Waals surface area contributed by atoms with Crippen LogP contribution in [0.3, 0.4) is 0 Å². The second kappa shape index (κ2) is 7.62. The minimum Gasteiger partial charge on any atom is -0.335 e. The molecule has 0 unspecified atom stereocenters. The van der Waals surface area contributed by atoms with E-state index in [1.807, 2.05) is 0 Å². The Morgan fingerprint density at radius 2 is 1.77 bits per heavy atom. The molecular weight excluding hydrogens is 387 g/mol. The van der Waals surface area contributed by atoms with E-state index in [4.69, 9.17) is 0 Å². The number of alkyl halides is 5. The van der Waals surface area contributed by atoms with Crippen LogP contribution in [0, 0.1) is 5.92 Å². The normalized spacial score (nSPS) is 22.4. The first-order chi connectivity index (χ1) is 11.9. The van der Waals surface area contributed by atoms with Gasteiger partial charge in [-0.25, -0.2) is 13.1 Å². The number of sulfonamides is 1. The van der Waals surface area contributed by atoms with Gasteiger partial charge in [0.25, 0.3) is 5.82 Å². The molecule has 0 saturated heterocycles. The summed E-state index contributed by atoms with van der Waals surface area (Å²) < 4.78 is 92.8. The summed E-state index contributed by atoms with van der Waals surface area (Å²) in [5.74, 6) is -6.81. The summed E-state index contributed by atoms with van der Waals surface area (Å²) in [4.78, 5) is 3.09. The van der Waals surface area contributed by atoms with Crippen LogP contribution in [-0.2, 0) is 15.9 Å². The van der Waals surface area contributed by atoms with Crippen molar-refractivity contribution in [2.24, 2.45) is 5.92 Å². The first-order valence-electron chi connectivity index (χ1n) is 7.97. The van der Waals surface area contributed by atoms with Gasteiger partial charge in [-0.3, -0.25) is 0 Å². The lowest BCUT2D eigenvalue weighted by Crippen LogP contribution is -2.35. The maximum atomic E-state index is 13.1. The average Bonchev–Trinajstić information content (AvgIpc) is 3.02. The Hall–Kier alpha value is -1.50. The van der Waals surface area contributed by atoms with Crippen molar-refractivity contribution in [3.05, 3.63) is 5.82 Å². The van der Waals surface area contributed by atoms with Crippen molar-refractivity contribution in [2.75, 3.05) is 17.6 Å². The summed E-state index contributed by atoms with van der Waals surface area (Å²) in [6.07, 6.45) is -3.37. The fourth-order valence-electron chi connectivity index (χ4n) is 2.57. The molecule has 2 rings (SSSR count). The lowest BCUT2D eigenvalue weighted by Gasteiger charge is -2.28. The van der Waals surface area contributed by atoms with Crippen LogP contribution in [0.15, 0.2) is 4.52 Å². The highest BCUT2D eigenvalue weighted by molar-refractivity contribution is 7.89. The Labute approximate surface area is 146 Å². The van der Waals surface area contributed by atoms with E-state index in [0.717, 1.165) is 0 Å². The van der Waals surface area contributed by atoms with Gasteiger partial charge in [-0.1, -0.05) is 5.16 Å². The molecule has 150 valence electrons. The molecule has 1 fully saturated rings. The number of nitrogens with zero attached hydrogens (tertiary/aromatic N) is 2. The predicted molar refractivity (Wildman–Crippen MR) is 81.1 cm³/mol. The van der Waals surface area contributed by atoms with E-state index in [1.54, 1.807) is 0 Å². The van der Waals surface area contributed by atoms with Gasteiger partial charge in [-0.15, -0.1) is 0 Å². The summed E-state index contributed by atoms with van der Waals surface area (Å²) in [6.45, 7) is 1.84. The first kappa shape index (κ1) is 20.8. The highest BCUT2D eigenvalue weighted by Gasteiger charge is 2.62. The Morgan fingerprint density at radius 3 is 2.31 bits per heavy atom. The molecule has 0 aliphatic heterocycles. The third-order valence-corrected chi connectivity index (χ3v) is 5.58. The van der Waals surface area contributed by atoms with Gasteiger partial charge in [0, 0.05) is 12.6 Å². The molecule has 0 atom stereocenters. The van der Waals surface area contributed by atoms with Crippen LogP contribution in [0.5, 0.6) is 0 Å². The number of aromatic nitrogens is 2. The van der Waals surface area contributed by atoms with E-state index in [-0.39, 0.29) is 17.7 Å². The van der Waals surface area contributed by atoms with Gasteiger partial charge >= 0.3 is 18.1 Å². The molecule has 0 amide bonds. The maximum absolute atomic E-state index is 13.1. The van der Waals surface area contributed by atoms with Gasteiger partial charge in [0.2, 0.25) is 10.0 Å². The van der Waals surface area contributed by atoms with Gasteiger partial charge < -0.3 is 9.84 Å². The molecule has 1 aliphatic carbocycles. The summed E-state index contributed by atoms with van der Waals surface area (Å²) in [6, 6.07) is -0.735. The van der Waals surface area contributed by atoms with Crippen LogP contribution < -0.4 is 10.0 Å². The zero-order chi connectivity index (χ0) is 19.6. The van der Waals surface area contributed by atoms with Crippen molar-refractivity contribution in [3.63, 3.8) is 0 Å². The maximum Gasteiger partial charge on any atom is 0.461 e. The molecule has 0 spiro atoms. The van der Waals surface area contributed by atoms with Gasteiger partial charge in [0.05, 0.1) is 5.75 Å². The van der Waals surface area contributed by atoms with E-state index in [9.17, 15) is 30.4 Å². The van der Waals surface area contributed by atoms with Gasteiger partial charge in [0.1, 0.15) is 0 Å². The van der Waals surface area contributed by atoms with E-state index in [2.05, 4.69) is 24.7 Å². The van der Waals surface area contributed by atoms with E-state index < -0.39 is 34.0 Å². The largest absolute Gasteiger partial charge is 0.461 e. The fourth-order valence-corrected chi connectivity index (χ4v) is 3.26. The third-order valence-electron chi connectivity index (χ3n) is 4.21. The Balaban J connectivity index is 1.85. The van der Waals surface area contributed by atoms with Crippen LogP contribution in [0.4, 0.5) is 28.0 Å². The number of nitrogens with one attached hydrogen (secondary N) is 2. The Morgan fingerprint density at radius 1 is 1.15 bits per heavy atom. The van der Waals surface area contributed by atoms with E-state index in [0.29, 0.717) is 32.2 Å². The molecule has 2 N–H and O–H groups in total. The van der Waals surface area contributed by atoms with Gasteiger partial charge in [-0.05, 0) is 38.5 Å². The quantitative estimate of drug-likeness (QED) is 0.676. The monoisotopic (exact) mass is 406 g/mol. The van der Waals surface area contributed by atoms with Crippen LogP contribution >= 0.6 is 0 Å². The molecule has 13 heteroatoms. The highest BCUT2D eigenvalue weighted by atomic mass is 32.2. The first-order valence-corrected chi connectivity index (χ1v) is 9.62. The minimum absolute atomic E-state index is 0.00798. The number of hydrogen-bond acceptors (Lipinski definition) is 6. The number of anilines is 1. The lowest BCUT2D eigenvalue weighted by molar-refractivity contribution is -0.293. The molecule has 1 aliphatic rings. The number of halogens is 5. The molecule has 0 aromatic carbocycles. The number of hydrogen-bond donors (Lipinski definition) is 2. The minimum atomic E-state index is -5.81. The average molecular weight is 406 g/mol. The van der Waals surface area contributed by atoms with Crippen molar-refractivity contribution in [1.82, 2.24) is 14.9 Å². The van der Waals surface area contributed by atoms with Gasteiger partial charge in [0.15, 0.2) is 0 Å². The molecule has 26 heavy (non-hydrogen) atoms. The Kier molecular flexibility index (Phi) is 6.10. The SMILES string of the molecule is CCS(=O)(=O)NCC1CCC(Nc2nc(C(F)(F)C(F)(F)F)no2)CC1. The molecule has 1 heterocycles. The molecule has 0 bridgehead atoms. The number of rotatable bonds is 7. The second-order valence-electron chi connectivity index (χ2n) is 6.11. The fraction of sp³-hybridized carbons (Fsp3) is 0.846. The van der Waals surface area contributed by atoms with Crippen LogP contribution in [0.2, 0.25) is 0 Å². The van der Waals surface area contributed by atoms with Gasteiger partial charge in [-0.2, -0.15) is 26.9 Å². The lowest BCUT2D eigenvalue weighted by atomic mass is 9.86. The molecule has 1 aromatic heterocycles. The zero-order valence-electron chi connectivity index (χ0n) is 13.8. The predicted octanol–water partition coefficient (Wildman–Crippen LogP) is 2.63. The molecule has 0 radical (unpaired) electrons. The second-order valence-corrected chi connectivity index (χ2v) is 8.20. The van der Waals surface area contributed by atoms with Crippen LogP contribution in [-0.4, -0.2) is 43.1 Å². The summed E-state index contributed by atoms with van der Waals surface area (Å²) in [7, 11) is -3.27. The highest BCUT2D eigenvalue weighted by Crippen LogP contribution is 2.42. The third kappa shape index (κ3) is 5.02. The summed E-state index contributed by atoms with van der Waals surface area (Å²) in [5, 5.41) is 5.35. The van der Waals surface area contributed by atoms with Crippen molar-refractivity contribution in [2.45, 2.75) is 50.7 Å². The Bertz CT molecular complexity index is 699. The van der Waals surface area contributed by atoms with Crippen LogP contribution in [0.1, 0.15) is 38.4 Å². The molecule has 1 aromatic rings. The van der Waals surface area contributed by atoms with E-state index in [1.165, 1.54) is 6.92 Å². The van der Waals surface area contributed by atoms with Crippen molar-refractivity contribution >= 4 is 16.0 Å². The van der Waals surface area contributed by atoms with Crippen LogP contribution in [0.25, 0.3) is 0 Å². The summed E-state index contributed by atoms with van der Waals surface area (Å²) >= 11 is 0. The van der Waals surface area contributed by atoms with Crippen molar-refractivity contribution < 1.29 is 34.9 Å². The van der Waals surface area contributed by atoms with Crippen molar-refractivity contribution in [1.29, 1.82) is 0 Å². The molecular formula is C13H19F5N4O3S. The smallest absolute Gasteiger partial charge is 0.335 e. The topological polar surface area (TPSA) is 97.1 Å². The molecule has 7 nitrogen and oxygen atoms in total. The zero-order valence-corrected chi connectivity index (χ0v) is 14.6. The summed E-state index contributed by atoms with van der Waals surface area (Å²) in [5.41, 5.74) is 0.